The first-order chi connectivity index (χ1) is 14.6. The van der Waals surface area contributed by atoms with Gasteiger partial charge in [0.25, 0.3) is 0 Å². The molecule has 1 amide bonds. The molecule has 3 heterocycles. The van der Waals surface area contributed by atoms with Crippen LogP contribution in [0.5, 0.6) is 0 Å². The molecule has 0 saturated carbocycles. The van der Waals surface area contributed by atoms with Gasteiger partial charge in [-0.1, -0.05) is 12.1 Å². The molecular formula is C22H19F2N5O. The van der Waals surface area contributed by atoms with Crippen LogP contribution in [-0.2, 0) is 17.6 Å². The number of aryl methyl sites for hydroxylation is 1. The number of fused-ring (bicyclic) bond motifs is 1. The number of benzene rings is 1. The van der Waals surface area contributed by atoms with Gasteiger partial charge in [0.15, 0.2) is 5.82 Å². The van der Waals surface area contributed by atoms with Crippen LogP contribution >= 0.6 is 0 Å². The minimum atomic E-state index is -0.746. The van der Waals surface area contributed by atoms with Crippen molar-refractivity contribution in [3.05, 3.63) is 65.5 Å². The van der Waals surface area contributed by atoms with Crippen LogP contribution in [0.25, 0.3) is 11.5 Å². The van der Waals surface area contributed by atoms with Crippen molar-refractivity contribution < 1.29 is 13.6 Å². The Labute approximate surface area is 172 Å². The van der Waals surface area contributed by atoms with E-state index < -0.39 is 17.7 Å². The maximum Gasteiger partial charge on any atom is 0.249 e. The molecule has 1 atom stereocenters. The summed E-state index contributed by atoms with van der Waals surface area (Å²) < 4.78 is 28.3. The quantitative estimate of drug-likeness (QED) is 0.717. The smallest absolute Gasteiger partial charge is 0.249 e. The lowest BCUT2D eigenvalue weighted by Gasteiger charge is -2.19. The number of nitrogens with one attached hydrogen (secondary N) is 1. The molecule has 3 aromatic rings. The Balaban J connectivity index is 1.45. The van der Waals surface area contributed by atoms with Gasteiger partial charge in [0.2, 0.25) is 5.91 Å². The first-order valence-corrected chi connectivity index (χ1v) is 9.95. The van der Waals surface area contributed by atoms with Crippen molar-refractivity contribution in [2.45, 2.75) is 31.7 Å². The Hall–Kier alpha value is -3.42. The van der Waals surface area contributed by atoms with Gasteiger partial charge in [-0.15, -0.1) is 0 Å². The fourth-order valence-corrected chi connectivity index (χ4v) is 4.11. The zero-order chi connectivity index (χ0) is 20.7. The van der Waals surface area contributed by atoms with Gasteiger partial charge in [-0.25, -0.2) is 18.7 Å². The molecular weight excluding hydrogens is 388 g/mol. The van der Waals surface area contributed by atoms with Crippen molar-refractivity contribution in [1.82, 2.24) is 15.0 Å². The largest absolute Gasteiger partial charge is 0.358 e. The van der Waals surface area contributed by atoms with E-state index in [1.807, 2.05) is 18.2 Å². The minimum absolute atomic E-state index is 0.231. The second kappa shape index (κ2) is 7.44. The predicted molar refractivity (Wildman–Crippen MR) is 108 cm³/mol. The Morgan fingerprint density at radius 1 is 1.03 bits per heavy atom. The maximum absolute atomic E-state index is 14.2. The molecule has 1 saturated heterocycles. The lowest BCUT2D eigenvalue weighted by molar-refractivity contribution is -0.117. The molecule has 2 aromatic heterocycles. The molecule has 8 heteroatoms. The highest BCUT2D eigenvalue weighted by Crippen LogP contribution is 2.32. The number of hydrogen-bond acceptors (Lipinski definition) is 5. The first-order valence-electron chi connectivity index (χ1n) is 9.95. The average molecular weight is 407 g/mol. The number of carbonyl (C=O) groups excluding carboxylic acids is 1. The molecule has 6 nitrogen and oxygen atoms in total. The molecule has 1 aliphatic heterocycles. The van der Waals surface area contributed by atoms with Crippen LogP contribution in [0.15, 0.2) is 42.6 Å². The highest BCUT2D eigenvalue weighted by molar-refractivity contribution is 6.01. The summed E-state index contributed by atoms with van der Waals surface area (Å²) in [5.41, 5.74) is 2.31. The van der Waals surface area contributed by atoms with Gasteiger partial charge in [-0.2, -0.15) is 0 Å². The molecule has 1 unspecified atom stereocenters. The van der Waals surface area contributed by atoms with Crippen molar-refractivity contribution in [3.63, 3.8) is 0 Å². The number of aromatic nitrogens is 3. The maximum atomic E-state index is 14.2. The van der Waals surface area contributed by atoms with Crippen LogP contribution in [0.1, 0.15) is 24.1 Å². The number of carbonyl (C=O) groups is 1. The van der Waals surface area contributed by atoms with Crippen LogP contribution in [0, 0.1) is 11.6 Å². The van der Waals surface area contributed by atoms with Gasteiger partial charge in [-0.3, -0.25) is 9.78 Å². The van der Waals surface area contributed by atoms with Crippen molar-refractivity contribution in [3.8, 4) is 11.5 Å². The number of anilines is 2. The SMILES string of the molecule is O=C1C(Nc2nc(-c3ccccn3)nc3c2CCC3)CCN1c1c(F)cccc1F. The van der Waals surface area contributed by atoms with E-state index in [2.05, 4.69) is 20.3 Å². The fourth-order valence-electron chi connectivity index (χ4n) is 4.11. The number of amides is 1. The highest BCUT2D eigenvalue weighted by Gasteiger charge is 2.36. The van der Waals surface area contributed by atoms with Crippen molar-refractivity contribution in [2.24, 2.45) is 0 Å². The third kappa shape index (κ3) is 3.18. The van der Waals surface area contributed by atoms with Crippen LogP contribution in [0.4, 0.5) is 20.3 Å². The predicted octanol–water partition coefficient (Wildman–Crippen LogP) is 3.52. The van der Waals surface area contributed by atoms with E-state index in [4.69, 9.17) is 0 Å². The summed E-state index contributed by atoms with van der Waals surface area (Å²) in [6.45, 7) is 0.231. The number of hydrogen-bond donors (Lipinski definition) is 1. The zero-order valence-corrected chi connectivity index (χ0v) is 16.1. The van der Waals surface area contributed by atoms with E-state index in [1.54, 1.807) is 6.20 Å². The first kappa shape index (κ1) is 18.6. The topological polar surface area (TPSA) is 71.0 Å². The summed E-state index contributed by atoms with van der Waals surface area (Å²) in [5, 5.41) is 3.22. The molecule has 5 rings (SSSR count). The third-order valence-electron chi connectivity index (χ3n) is 5.55. The highest BCUT2D eigenvalue weighted by atomic mass is 19.1. The zero-order valence-electron chi connectivity index (χ0n) is 16.1. The molecule has 1 fully saturated rings. The van der Waals surface area contributed by atoms with E-state index >= 15 is 0 Å². The van der Waals surface area contributed by atoms with Gasteiger partial charge < -0.3 is 10.2 Å². The Kier molecular flexibility index (Phi) is 4.61. The molecule has 1 aromatic carbocycles. The fraction of sp³-hybridized carbons (Fsp3) is 0.273. The Morgan fingerprint density at radius 2 is 1.87 bits per heavy atom. The number of para-hydroxylation sites is 1. The molecule has 2 aliphatic rings. The number of pyridine rings is 1. The van der Waals surface area contributed by atoms with Gasteiger partial charge in [-0.05, 0) is 49.9 Å². The van der Waals surface area contributed by atoms with Crippen molar-refractivity contribution in [2.75, 3.05) is 16.8 Å². The lowest BCUT2D eigenvalue weighted by atomic mass is 10.2. The summed E-state index contributed by atoms with van der Waals surface area (Å²) in [7, 11) is 0. The third-order valence-corrected chi connectivity index (χ3v) is 5.55. The molecule has 30 heavy (non-hydrogen) atoms. The molecule has 1 N–H and O–H groups in total. The van der Waals surface area contributed by atoms with Crippen LogP contribution in [-0.4, -0.2) is 33.4 Å². The van der Waals surface area contributed by atoms with E-state index in [-0.39, 0.29) is 18.1 Å². The van der Waals surface area contributed by atoms with E-state index in [1.165, 1.54) is 11.0 Å². The molecule has 0 bridgehead atoms. The average Bonchev–Trinajstić information content (AvgIpc) is 3.36. The van der Waals surface area contributed by atoms with Gasteiger partial charge in [0.05, 0.1) is 0 Å². The Bertz CT molecular complexity index is 1100. The standard InChI is InChI=1S/C22H19F2N5O/c23-14-6-4-7-15(24)19(14)29-12-10-18(22(29)30)27-20-13-5-3-9-16(13)26-21(28-20)17-8-1-2-11-25-17/h1-2,4,6-8,11,18H,3,5,9-10,12H2,(H,26,27,28). The van der Waals surface area contributed by atoms with E-state index in [9.17, 15) is 13.6 Å². The summed E-state index contributed by atoms with van der Waals surface area (Å²) in [4.78, 5) is 27.7. The van der Waals surface area contributed by atoms with E-state index in [0.29, 0.717) is 23.8 Å². The summed E-state index contributed by atoms with van der Waals surface area (Å²) in [6, 6.07) is 8.51. The van der Waals surface area contributed by atoms with E-state index in [0.717, 1.165) is 42.7 Å². The van der Waals surface area contributed by atoms with Crippen molar-refractivity contribution >= 4 is 17.4 Å². The molecule has 0 spiro atoms. The second-order valence-corrected chi connectivity index (χ2v) is 7.44. The van der Waals surface area contributed by atoms with Gasteiger partial charge in [0, 0.05) is 24.0 Å². The van der Waals surface area contributed by atoms with Crippen LogP contribution in [0.3, 0.4) is 0 Å². The van der Waals surface area contributed by atoms with Crippen LogP contribution in [0.2, 0.25) is 0 Å². The molecule has 0 radical (unpaired) electrons. The van der Waals surface area contributed by atoms with Gasteiger partial charge in [0.1, 0.15) is 34.9 Å². The summed E-state index contributed by atoms with van der Waals surface area (Å²) in [6.07, 6.45) is 4.74. The minimum Gasteiger partial charge on any atom is -0.358 e. The number of rotatable bonds is 4. The lowest BCUT2D eigenvalue weighted by Crippen LogP contribution is -2.35. The normalized spacial score (nSPS) is 18.0. The second-order valence-electron chi connectivity index (χ2n) is 7.44. The monoisotopic (exact) mass is 407 g/mol. The Morgan fingerprint density at radius 3 is 2.63 bits per heavy atom. The van der Waals surface area contributed by atoms with Crippen LogP contribution < -0.4 is 10.2 Å². The van der Waals surface area contributed by atoms with Crippen molar-refractivity contribution in [1.29, 1.82) is 0 Å². The summed E-state index contributed by atoms with van der Waals surface area (Å²) in [5.74, 6) is -0.758. The molecule has 152 valence electrons. The van der Waals surface area contributed by atoms with Gasteiger partial charge >= 0.3 is 0 Å². The summed E-state index contributed by atoms with van der Waals surface area (Å²) >= 11 is 0. The molecule has 1 aliphatic carbocycles. The number of halogens is 2. The number of nitrogens with zero attached hydrogens (tertiary/aromatic N) is 4.